The lowest BCUT2D eigenvalue weighted by atomic mass is 10.1. The van der Waals surface area contributed by atoms with Crippen molar-refractivity contribution >= 4 is 0 Å². The van der Waals surface area contributed by atoms with E-state index in [0.29, 0.717) is 11.5 Å². The van der Waals surface area contributed by atoms with Crippen molar-refractivity contribution in [1.82, 2.24) is 0 Å². The van der Waals surface area contributed by atoms with Gasteiger partial charge < -0.3 is 24.4 Å². The molecule has 0 bridgehead atoms. The lowest BCUT2D eigenvalue weighted by molar-refractivity contribution is -1.02. The fraction of sp³-hybridized carbons (Fsp3) is 0.400. The smallest absolute Gasteiger partial charge is 0.200 e. The van der Waals surface area contributed by atoms with Crippen LogP contribution in [0.2, 0.25) is 0 Å². The van der Waals surface area contributed by atoms with Crippen molar-refractivity contribution in [3.63, 3.8) is 0 Å². The van der Waals surface area contributed by atoms with E-state index in [-0.39, 0.29) is 5.75 Å². The molecular weight excluding hydrogens is 316 g/mol. The van der Waals surface area contributed by atoms with E-state index in [9.17, 15) is 5.11 Å². The second kappa shape index (κ2) is 8.23. The molecule has 0 saturated carbocycles. The Morgan fingerprint density at radius 1 is 0.800 bits per heavy atom. The third kappa shape index (κ3) is 4.44. The van der Waals surface area contributed by atoms with Gasteiger partial charge in [-0.2, -0.15) is 0 Å². The Morgan fingerprint density at radius 3 is 1.76 bits per heavy atom. The summed E-state index contributed by atoms with van der Waals surface area (Å²) in [6.45, 7) is 6.68. The van der Waals surface area contributed by atoms with Crippen LogP contribution >= 0.6 is 0 Å². The van der Waals surface area contributed by atoms with E-state index in [2.05, 4.69) is 30.3 Å². The molecule has 134 valence electrons. The van der Waals surface area contributed by atoms with Crippen LogP contribution in [-0.4, -0.2) is 45.5 Å². The monoisotopic (exact) mass is 344 g/mol. The molecule has 0 aliphatic carbocycles. The first-order chi connectivity index (χ1) is 12.2. The number of piperazine rings is 1. The van der Waals surface area contributed by atoms with Gasteiger partial charge >= 0.3 is 0 Å². The molecule has 1 heterocycles. The van der Waals surface area contributed by atoms with Crippen LogP contribution in [0.15, 0.2) is 42.5 Å². The lowest BCUT2D eigenvalue weighted by Gasteiger charge is -2.30. The Hall–Kier alpha value is -2.24. The molecular formula is C20H28N2O3+2. The summed E-state index contributed by atoms with van der Waals surface area (Å²) in [6.07, 6.45) is 0. The first kappa shape index (κ1) is 17.6. The number of aromatic hydroxyl groups is 1. The molecule has 3 rings (SSSR count). The average molecular weight is 344 g/mol. The molecule has 25 heavy (non-hydrogen) atoms. The molecule has 0 atom stereocenters. The number of nitrogens with one attached hydrogen (secondary N) is 2. The second-order valence-corrected chi connectivity index (χ2v) is 6.69. The third-order valence-corrected chi connectivity index (χ3v) is 4.95. The van der Waals surface area contributed by atoms with Crippen molar-refractivity contribution in [2.24, 2.45) is 0 Å². The molecule has 0 aromatic heterocycles. The van der Waals surface area contributed by atoms with Crippen molar-refractivity contribution in [3.05, 3.63) is 53.6 Å². The van der Waals surface area contributed by atoms with Gasteiger partial charge in [-0.3, -0.25) is 0 Å². The molecule has 2 aromatic carbocycles. The maximum atomic E-state index is 10.0. The summed E-state index contributed by atoms with van der Waals surface area (Å²) in [6, 6.07) is 14.5. The van der Waals surface area contributed by atoms with Crippen molar-refractivity contribution in [1.29, 1.82) is 0 Å². The van der Waals surface area contributed by atoms with Gasteiger partial charge in [0, 0.05) is 11.1 Å². The minimum absolute atomic E-state index is 0.0703. The highest BCUT2D eigenvalue weighted by Crippen LogP contribution is 2.36. The van der Waals surface area contributed by atoms with Gasteiger partial charge in [0.05, 0.1) is 14.2 Å². The summed E-state index contributed by atoms with van der Waals surface area (Å²) in [5, 5.41) is 10.0. The largest absolute Gasteiger partial charge is 0.502 e. The van der Waals surface area contributed by atoms with Gasteiger partial charge in [-0.1, -0.05) is 30.3 Å². The molecule has 5 heteroatoms. The van der Waals surface area contributed by atoms with E-state index in [1.54, 1.807) is 24.0 Å². The van der Waals surface area contributed by atoms with E-state index < -0.39 is 0 Å². The fourth-order valence-corrected chi connectivity index (χ4v) is 3.53. The normalized spacial score (nSPS) is 20.2. The van der Waals surface area contributed by atoms with Crippen LogP contribution in [0.25, 0.3) is 0 Å². The molecule has 0 unspecified atom stereocenters. The number of hydrogen-bond acceptors (Lipinski definition) is 3. The van der Waals surface area contributed by atoms with E-state index >= 15 is 0 Å². The SMILES string of the molecule is COc1cc(C[NH+]2CC[NH+](Cc3ccccc3)CC2)cc(OC)c1O. The maximum absolute atomic E-state index is 10.0. The number of benzene rings is 2. The number of hydrogen-bond donors (Lipinski definition) is 3. The van der Waals surface area contributed by atoms with Gasteiger partial charge in [0.15, 0.2) is 11.5 Å². The Balaban J connectivity index is 1.57. The molecule has 0 radical (unpaired) electrons. The number of methoxy groups -OCH3 is 2. The van der Waals surface area contributed by atoms with Gasteiger partial charge in [0.25, 0.3) is 0 Å². The van der Waals surface area contributed by atoms with E-state index in [1.807, 2.05) is 12.1 Å². The summed E-state index contributed by atoms with van der Waals surface area (Å²) in [5.74, 6) is 1.02. The number of phenolic OH excluding ortho intramolecular Hbond substituents is 1. The molecule has 2 aromatic rings. The topological polar surface area (TPSA) is 47.6 Å². The Labute approximate surface area is 149 Å². The van der Waals surface area contributed by atoms with Crippen LogP contribution in [-0.2, 0) is 13.1 Å². The van der Waals surface area contributed by atoms with Crippen molar-refractivity contribution in [2.45, 2.75) is 13.1 Å². The van der Waals surface area contributed by atoms with Gasteiger partial charge in [-0.15, -0.1) is 0 Å². The zero-order valence-electron chi connectivity index (χ0n) is 15.0. The highest BCUT2D eigenvalue weighted by atomic mass is 16.5. The van der Waals surface area contributed by atoms with E-state index in [0.717, 1.165) is 31.7 Å². The summed E-state index contributed by atoms with van der Waals surface area (Å²) < 4.78 is 10.5. The first-order valence-electron chi connectivity index (χ1n) is 8.84. The number of quaternary nitrogens is 2. The van der Waals surface area contributed by atoms with Crippen LogP contribution < -0.4 is 19.3 Å². The van der Waals surface area contributed by atoms with E-state index in [4.69, 9.17) is 9.47 Å². The van der Waals surface area contributed by atoms with Gasteiger partial charge in [-0.25, -0.2) is 0 Å². The summed E-state index contributed by atoms with van der Waals surface area (Å²) in [5.41, 5.74) is 2.54. The molecule has 1 aliphatic heterocycles. The number of rotatable bonds is 6. The lowest BCUT2D eigenvalue weighted by Crippen LogP contribution is -3.27. The minimum Gasteiger partial charge on any atom is -0.502 e. The quantitative estimate of drug-likeness (QED) is 0.686. The van der Waals surface area contributed by atoms with E-state index in [1.165, 1.54) is 18.7 Å². The van der Waals surface area contributed by atoms with Crippen LogP contribution in [0, 0.1) is 0 Å². The number of phenols is 1. The standard InChI is InChI=1S/C20H26N2O3/c1-24-18-12-17(13-19(25-2)20(18)23)15-22-10-8-21(9-11-22)14-16-6-4-3-5-7-16/h3-7,12-13,23H,8-11,14-15H2,1-2H3/p+2. The molecule has 1 fully saturated rings. The molecule has 0 amide bonds. The van der Waals surface area contributed by atoms with Gasteiger partial charge in [0.2, 0.25) is 5.75 Å². The predicted octanol–water partition coefficient (Wildman–Crippen LogP) is -0.107. The minimum atomic E-state index is 0.0703. The molecule has 1 saturated heterocycles. The summed E-state index contributed by atoms with van der Waals surface area (Å²) in [4.78, 5) is 3.21. The molecule has 5 nitrogen and oxygen atoms in total. The first-order valence-corrected chi connectivity index (χ1v) is 8.84. The highest BCUT2D eigenvalue weighted by Gasteiger charge is 2.24. The van der Waals surface area contributed by atoms with Crippen LogP contribution in [0.4, 0.5) is 0 Å². The molecule has 0 spiro atoms. The summed E-state index contributed by atoms with van der Waals surface area (Å²) in [7, 11) is 3.13. The Kier molecular flexibility index (Phi) is 5.79. The van der Waals surface area contributed by atoms with Gasteiger partial charge in [-0.05, 0) is 12.1 Å². The third-order valence-electron chi connectivity index (χ3n) is 4.95. The predicted molar refractivity (Wildman–Crippen MR) is 96.5 cm³/mol. The highest BCUT2D eigenvalue weighted by molar-refractivity contribution is 5.52. The van der Waals surface area contributed by atoms with Crippen LogP contribution in [0.3, 0.4) is 0 Å². The van der Waals surface area contributed by atoms with Crippen LogP contribution in [0.5, 0.6) is 17.2 Å². The van der Waals surface area contributed by atoms with Crippen molar-refractivity contribution in [2.75, 3.05) is 40.4 Å². The Morgan fingerprint density at radius 2 is 1.28 bits per heavy atom. The fourth-order valence-electron chi connectivity index (χ4n) is 3.53. The van der Waals surface area contributed by atoms with Crippen molar-refractivity contribution in [3.8, 4) is 17.2 Å². The second-order valence-electron chi connectivity index (χ2n) is 6.69. The maximum Gasteiger partial charge on any atom is 0.200 e. The zero-order valence-corrected chi connectivity index (χ0v) is 15.0. The summed E-state index contributed by atoms with van der Waals surface area (Å²) >= 11 is 0. The zero-order chi connectivity index (χ0) is 17.6. The molecule has 1 aliphatic rings. The van der Waals surface area contributed by atoms with Gasteiger partial charge in [0.1, 0.15) is 39.3 Å². The Bertz CT molecular complexity index is 658. The molecule has 3 N–H and O–H groups in total. The number of ether oxygens (including phenoxy) is 2. The van der Waals surface area contributed by atoms with Crippen LogP contribution in [0.1, 0.15) is 11.1 Å². The van der Waals surface area contributed by atoms with Crippen molar-refractivity contribution < 1.29 is 24.4 Å². The average Bonchev–Trinajstić information content (AvgIpc) is 2.65.